The monoisotopic (exact) mass is 470 g/mol. The summed E-state index contributed by atoms with van der Waals surface area (Å²) in [6.45, 7) is 2.39. The van der Waals surface area contributed by atoms with E-state index in [0.717, 1.165) is 27.7 Å². The molecule has 0 saturated heterocycles. The van der Waals surface area contributed by atoms with Crippen LogP contribution < -0.4 is 15.4 Å². The van der Waals surface area contributed by atoms with Crippen molar-refractivity contribution in [3.63, 3.8) is 0 Å². The largest absolute Gasteiger partial charge is 0.489 e. The molecule has 2 amide bonds. The number of nitrogens with zero attached hydrogens (tertiary/aromatic N) is 2. The number of rotatable bonds is 9. The van der Waals surface area contributed by atoms with E-state index in [9.17, 15) is 9.59 Å². The summed E-state index contributed by atoms with van der Waals surface area (Å²) in [6.07, 6.45) is 1.89. The van der Waals surface area contributed by atoms with Crippen molar-refractivity contribution in [2.75, 3.05) is 11.9 Å². The van der Waals surface area contributed by atoms with Crippen LogP contribution in [0.25, 0.3) is 10.9 Å². The lowest BCUT2D eigenvalue weighted by atomic mass is 10.1. The fraction of sp³-hybridized carbons (Fsp3) is 0.185. The summed E-state index contributed by atoms with van der Waals surface area (Å²) in [6, 6.07) is 22.7. The molecule has 8 nitrogen and oxygen atoms in total. The van der Waals surface area contributed by atoms with Gasteiger partial charge in [-0.1, -0.05) is 30.3 Å². The first-order valence-electron chi connectivity index (χ1n) is 11.2. The minimum Gasteiger partial charge on any atom is -0.489 e. The van der Waals surface area contributed by atoms with Crippen LogP contribution in [0.1, 0.15) is 23.7 Å². The number of fused-ring (bicyclic) bond motifs is 1. The van der Waals surface area contributed by atoms with Gasteiger partial charge in [0, 0.05) is 37.2 Å². The standard InChI is InChI=1S/C27H26N4O4/c1-19(32)30-26-11-10-22-9-8-21(16-25(22)31-26)17-34-24-7-4-5-20(15-24)18-35-27(33)29-14-12-23-6-2-3-13-28-23/h2-11,13,15-16H,12,14,17-18H2,1H3,(H,29,33)(H,30,31,32). The van der Waals surface area contributed by atoms with E-state index in [2.05, 4.69) is 20.6 Å². The Balaban J connectivity index is 1.27. The van der Waals surface area contributed by atoms with Gasteiger partial charge in [0.15, 0.2) is 0 Å². The molecule has 2 aromatic heterocycles. The zero-order valence-electron chi connectivity index (χ0n) is 19.4. The van der Waals surface area contributed by atoms with Gasteiger partial charge in [0.1, 0.15) is 24.8 Å². The molecule has 0 unspecified atom stereocenters. The summed E-state index contributed by atoms with van der Waals surface area (Å²) in [4.78, 5) is 32.0. The van der Waals surface area contributed by atoms with Gasteiger partial charge in [0.25, 0.3) is 0 Å². The molecular formula is C27H26N4O4. The highest BCUT2D eigenvalue weighted by Gasteiger charge is 2.06. The predicted octanol–water partition coefficient (Wildman–Crippen LogP) is 4.64. The maximum Gasteiger partial charge on any atom is 0.407 e. The van der Waals surface area contributed by atoms with Gasteiger partial charge >= 0.3 is 6.09 Å². The molecule has 0 aliphatic carbocycles. The van der Waals surface area contributed by atoms with E-state index in [1.165, 1.54) is 6.92 Å². The second-order valence-corrected chi connectivity index (χ2v) is 7.91. The average molecular weight is 471 g/mol. The Hall–Kier alpha value is -4.46. The Bertz CT molecular complexity index is 1310. The van der Waals surface area contributed by atoms with E-state index >= 15 is 0 Å². The Morgan fingerprint density at radius 2 is 1.77 bits per heavy atom. The van der Waals surface area contributed by atoms with Crippen molar-refractivity contribution < 1.29 is 19.1 Å². The molecule has 0 atom stereocenters. The minimum atomic E-state index is -0.477. The molecule has 0 aliphatic heterocycles. The number of ether oxygens (including phenoxy) is 2. The van der Waals surface area contributed by atoms with Crippen LogP contribution in [-0.4, -0.2) is 28.5 Å². The van der Waals surface area contributed by atoms with Crippen LogP contribution in [0, 0.1) is 0 Å². The molecule has 0 fully saturated rings. The molecule has 35 heavy (non-hydrogen) atoms. The maximum absolute atomic E-state index is 12.0. The van der Waals surface area contributed by atoms with Crippen LogP contribution in [0.5, 0.6) is 5.75 Å². The molecule has 178 valence electrons. The first-order valence-corrected chi connectivity index (χ1v) is 11.2. The Morgan fingerprint density at radius 3 is 2.60 bits per heavy atom. The number of benzene rings is 2. The number of amides is 2. The number of hydrogen-bond donors (Lipinski definition) is 2. The highest BCUT2D eigenvalue weighted by Crippen LogP contribution is 2.20. The van der Waals surface area contributed by atoms with Crippen LogP contribution in [-0.2, 0) is 29.2 Å². The molecule has 0 aliphatic rings. The van der Waals surface area contributed by atoms with Gasteiger partial charge < -0.3 is 20.1 Å². The van der Waals surface area contributed by atoms with E-state index in [-0.39, 0.29) is 12.5 Å². The summed E-state index contributed by atoms with van der Waals surface area (Å²) in [7, 11) is 0. The number of carbonyl (C=O) groups is 2. The van der Waals surface area contributed by atoms with E-state index in [0.29, 0.717) is 31.1 Å². The Morgan fingerprint density at radius 1 is 0.914 bits per heavy atom. The molecule has 2 aromatic carbocycles. The molecule has 4 aromatic rings. The van der Waals surface area contributed by atoms with Crippen molar-refractivity contribution in [3.05, 3.63) is 95.8 Å². The molecule has 2 heterocycles. The van der Waals surface area contributed by atoms with Crippen molar-refractivity contribution in [1.29, 1.82) is 0 Å². The van der Waals surface area contributed by atoms with Gasteiger partial charge in [-0.05, 0) is 53.6 Å². The number of nitrogens with one attached hydrogen (secondary N) is 2. The lowest BCUT2D eigenvalue weighted by Gasteiger charge is -2.10. The third kappa shape index (κ3) is 7.26. The van der Waals surface area contributed by atoms with Gasteiger partial charge in [0.2, 0.25) is 5.91 Å². The van der Waals surface area contributed by atoms with Crippen LogP contribution in [0.2, 0.25) is 0 Å². The van der Waals surface area contributed by atoms with Crippen molar-refractivity contribution in [1.82, 2.24) is 15.3 Å². The molecule has 4 rings (SSSR count). The summed E-state index contributed by atoms with van der Waals surface area (Å²) in [5.74, 6) is 1.01. The minimum absolute atomic E-state index is 0.137. The highest BCUT2D eigenvalue weighted by molar-refractivity contribution is 5.89. The molecule has 2 N–H and O–H groups in total. The number of aromatic nitrogens is 2. The number of anilines is 1. The van der Waals surface area contributed by atoms with Crippen molar-refractivity contribution in [3.8, 4) is 5.75 Å². The van der Waals surface area contributed by atoms with Crippen LogP contribution >= 0.6 is 0 Å². The Kier molecular flexibility index (Phi) is 7.85. The Labute approximate surface area is 203 Å². The SMILES string of the molecule is CC(=O)Nc1ccc2ccc(COc3cccc(COC(=O)NCCc4ccccn4)c3)cc2n1. The zero-order chi connectivity index (χ0) is 24.5. The van der Waals surface area contributed by atoms with E-state index < -0.39 is 6.09 Å². The number of hydrogen-bond acceptors (Lipinski definition) is 6. The van der Waals surface area contributed by atoms with Crippen molar-refractivity contribution >= 4 is 28.7 Å². The number of carbonyl (C=O) groups excluding carboxylic acids is 2. The van der Waals surface area contributed by atoms with Gasteiger partial charge in [-0.25, -0.2) is 9.78 Å². The van der Waals surface area contributed by atoms with Gasteiger partial charge in [-0.3, -0.25) is 9.78 Å². The molecule has 8 heteroatoms. The molecule has 0 spiro atoms. The summed E-state index contributed by atoms with van der Waals surface area (Å²) >= 11 is 0. The third-order valence-corrected chi connectivity index (χ3v) is 5.11. The topological polar surface area (TPSA) is 102 Å². The average Bonchev–Trinajstić information content (AvgIpc) is 2.86. The van der Waals surface area contributed by atoms with E-state index in [4.69, 9.17) is 9.47 Å². The first kappa shape index (κ1) is 23.7. The quantitative estimate of drug-likeness (QED) is 0.370. The van der Waals surface area contributed by atoms with Crippen LogP contribution in [0.15, 0.2) is 79.0 Å². The first-order chi connectivity index (χ1) is 17.0. The number of pyridine rings is 2. The third-order valence-electron chi connectivity index (χ3n) is 5.11. The van der Waals surface area contributed by atoms with Crippen LogP contribution in [0.4, 0.5) is 10.6 Å². The second kappa shape index (κ2) is 11.6. The lowest BCUT2D eigenvalue weighted by Crippen LogP contribution is -2.26. The van der Waals surface area contributed by atoms with Crippen molar-refractivity contribution in [2.45, 2.75) is 26.6 Å². The van der Waals surface area contributed by atoms with Gasteiger partial charge in [-0.15, -0.1) is 0 Å². The summed E-state index contributed by atoms with van der Waals surface area (Å²) < 4.78 is 11.2. The summed E-state index contributed by atoms with van der Waals surface area (Å²) in [5.41, 5.74) is 3.45. The van der Waals surface area contributed by atoms with Gasteiger partial charge in [0.05, 0.1) is 5.52 Å². The highest BCUT2D eigenvalue weighted by atomic mass is 16.5. The second-order valence-electron chi connectivity index (χ2n) is 7.91. The normalized spacial score (nSPS) is 10.5. The molecular weight excluding hydrogens is 444 g/mol. The summed E-state index contributed by atoms with van der Waals surface area (Å²) in [5, 5.41) is 6.40. The smallest absolute Gasteiger partial charge is 0.407 e. The zero-order valence-corrected chi connectivity index (χ0v) is 19.4. The molecule has 0 radical (unpaired) electrons. The fourth-order valence-corrected chi connectivity index (χ4v) is 3.43. The van der Waals surface area contributed by atoms with E-state index in [1.807, 2.05) is 66.7 Å². The van der Waals surface area contributed by atoms with E-state index in [1.54, 1.807) is 12.3 Å². The maximum atomic E-state index is 12.0. The number of alkyl carbamates (subject to hydrolysis) is 1. The lowest BCUT2D eigenvalue weighted by molar-refractivity contribution is -0.114. The van der Waals surface area contributed by atoms with Gasteiger partial charge in [-0.2, -0.15) is 0 Å². The molecule has 0 bridgehead atoms. The molecule has 0 saturated carbocycles. The van der Waals surface area contributed by atoms with Crippen molar-refractivity contribution in [2.24, 2.45) is 0 Å². The predicted molar refractivity (Wildman–Crippen MR) is 133 cm³/mol. The van der Waals surface area contributed by atoms with Crippen LogP contribution in [0.3, 0.4) is 0 Å². The fourth-order valence-electron chi connectivity index (χ4n) is 3.43.